The number of hydrogen-bond acceptors (Lipinski definition) is 3. The zero-order valence-corrected chi connectivity index (χ0v) is 7.56. The molecule has 0 bridgehead atoms. The molecule has 0 spiro atoms. The van der Waals surface area contributed by atoms with Gasteiger partial charge in [-0.25, -0.2) is 4.98 Å². The van der Waals surface area contributed by atoms with Crippen molar-refractivity contribution in [1.29, 1.82) is 0 Å². The molecule has 2 heterocycles. The molecule has 0 saturated carbocycles. The fourth-order valence-electron chi connectivity index (χ4n) is 2.03. The van der Waals surface area contributed by atoms with Crippen LogP contribution in [0.15, 0.2) is 12.1 Å². The van der Waals surface area contributed by atoms with Gasteiger partial charge in [0.15, 0.2) is 11.5 Å². The van der Waals surface area contributed by atoms with E-state index in [1.165, 1.54) is 6.07 Å². The summed E-state index contributed by atoms with van der Waals surface area (Å²) in [5.74, 6) is 0.867. The van der Waals surface area contributed by atoms with Gasteiger partial charge in [0.25, 0.3) is 0 Å². The average molecular weight is 190 g/mol. The Balaban J connectivity index is 2.39. The maximum absolute atomic E-state index is 9.38. The molecular weight excluding hydrogens is 180 g/mol. The molecule has 0 atom stereocenters. The second kappa shape index (κ2) is 2.41. The van der Waals surface area contributed by atoms with Gasteiger partial charge >= 0.3 is 0 Å². The van der Waals surface area contributed by atoms with Crippen LogP contribution in [0.5, 0.6) is 11.5 Å². The predicted molar refractivity (Wildman–Crippen MR) is 51.4 cm³/mol. The van der Waals surface area contributed by atoms with E-state index < -0.39 is 0 Å². The SMILES string of the molecule is Oc1cc2nc3n(c2cc1O)CCC3. The van der Waals surface area contributed by atoms with Crippen molar-refractivity contribution in [2.45, 2.75) is 19.4 Å². The topological polar surface area (TPSA) is 58.3 Å². The number of fused-ring (bicyclic) bond motifs is 3. The summed E-state index contributed by atoms with van der Waals surface area (Å²) in [7, 11) is 0. The number of rotatable bonds is 0. The van der Waals surface area contributed by atoms with Crippen LogP contribution in [0, 0.1) is 0 Å². The minimum absolute atomic E-state index is 0.0768. The van der Waals surface area contributed by atoms with Crippen LogP contribution in [0.4, 0.5) is 0 Å². The molecule has 0 radical (unpaired) electrons. The number of aryl methyl sites for hydroxylation is 2. The Kier molecular flexibility index (Phi) is 1.32. The van der Waals surface area contributed by atoms with Gasteiger partial charge in [-0.15, -0.1) is 0 Å². The fraction of sp³-hybridized carbons (Fsp3) is 0.300. The molecule has 4 nitrogen and oxygen atoms in total. The molecule has 3 rings (SSSR count). The first-order valence-electron chi connectivity index (χ1n) is 4.67. The third-order valence-corrected chi connectivity index (χ3v) is 2.71. The summed E-state index contributed by atoms with van der Waals surface area (Å²) in [6, 6.07) is 3.09. The van der Waals surface area contributed by atoms with Crippen molar-refractivity contribution in [2.24, 2.45) is 0 Å². The van der Waals surface area contributed by atoms with Gasteiger partial charge in [-0.2, -0.15) is 0 Å². The van der Waals surface area contributed by atoms with Gasteiger partial charge in [0.2, 0.25) is 0 Å². The number of aromatic nitrogens is 2. The Bertz CT molecular complexity index is 516. The maximum Gasteiger partial charge on any atom is 0.159 e. The summed E-state index contributed by atoms with van der Waals surface area (Å²) in [6.45, 7) is 0.954. The Hall–Kier alpha value is -1.71. The van der Waals surface area contributed by atoms with Gasteiger partial charge in [-0.05, 0) is 6.42 Å². The number of benzene rings is 1. The predicted octanol–water partition coefficient (Wildman–Crippen LogP) is 1.39. The highest BCUT2D eigenvalue weighted by Crippen LogP contribution is 2.32. The molecular formula is C10H10N2O2. The lowest BCUT2D eigenvalue weighted by Gasteiger charge is -2.00. The van der Waals surface area contributed by atoms with Crippen molar-refractivity contribution in [3.8, 4) is 11.5 Å². The maximum atomic E-state index is 9.38. The van der Waals surface area contributed by atoms with Crippen LogP contribution in [0.3, 0.4) is 0 Å². The molecule has 4 heteroatoms. The van der Waals surface area contributed by atoms with Gasteiger partial charge in [0.1, 0.15) is 5.82 Å². The number of nitrogens with zero attached hydrogens (tertiary/aromatic N) is 2. The summed E-state index contributed by atoms with van der Waals surface area (Å²) in [6.07, 6.45) is 2.09. The summed E-state index contributed by atoms with van der Waals surface area (Å²) in [4.78, 5) is 4.39. The van der Waals surface area contributed by atoms with Crippen LogP contribution in [-0.2, 0) is 13.0 Å². The third kappa shape index (κ3) is 0.852. The van der Waals surface area contributed by atoms with Crippen LogP contribution in [0.2, 0.25) is 0 Å². The molecule has 1 aliphatic rings. The molecule has 1 aromatic carbocycles. The number of phenolic OH excluding ortho intramolecular Hbond substituents is 2. The second-order valence-corrected chi connectivity index (χ2v) is 3.61. The highest BCUT2D eigenvalue weighted by Gasteiger charge is 2.17. The van der Waals surface area contributed by atoms with Gasteiger partial charge in [-0.3, -0.25) is 0 Å². The van der Waals surface area contributed by atoms with E-state index in [9.17, 15) is 10.2 Å². The van der Waals surface area contributed by atoms with E-state index in [1.54, 1.807) is 6.07 Å². The van der Waals surface area contributed by atoms with E-state index in [1.807, 2.05) is 0 Å². The number of imidazole rings is 1. The zero-order valence-electron chi connectivity index (χ0n) is 7.56. The molecule has 0 amide bonds. The minimum Gasteiger partial charge on any atom is -0.504 e. The van der Waals surface area contributed by atoms with Crippen molar-refractivity contribution in [3.63, 3.8) is 0 Å². The first-order valence-corrected chi connectivity index (χ1v) is 4.67. The Morgan fingerprint density at radius 1 is 1.21 bits per heavy atom. The van der Waals surface area contributed by atoms with Crippen molar-refractivity contribution < 1.29 is 10.2 Å². The number of phenols is 2. The van der Waals surface area contributed by atoms with Crippen LogP contribution in [0.1, 0.15) is 12.2 Å². The molecule has 2 N–H and O–H groups in total. The van der Waals surface area contributed by atoms with Gasteiger partial charge in [-0.1, -0.05) is 0 Å². The van der Waals surface area contributed by atoms with Crippen LogP contribution in [-0.4, -0.2) is 19.8 Å². The second-order valence-electron chi connectivity index (χ2n) is 3.61. The molecule has 0 fully saturated rings. The van der Waals surface area contributed by atoms with Crippen molar-refractivity contribution in [2.75, 3.05) is 0 Å². The smallest absolute Gasteiger partial charge is 0.159 e. The van der Waals surface area contributed by atoms with E-state index in [4.69, 9.17) is 0 Å². The number of aromatic hydroxyl groups is 2. The zero-order chi connectivity index (χ0) is 9.71. The molecule has 0 aliphatic carbocycles. The van der Waals surface area contributed by atoms with Gasteiger partial charge in [0, 0.05) is 25.1 Å². The van der Waals surface area contributed by atoms with E-state index in [2.05, 4.69) is 9.55 Å². The fourth-order valence-corrected chi connectivity index (χ4v) is 2.03. The lowest BCUT2D eigenvalue weighted by molar-refractivity contribution is 0.404. The quantitative estimate of drug-likeness (QED) is 0.617. The molecule has 0 unspecified atom stereocenters. The van der Waals surface area contributed by atoms with E-state index in [0.29, 0.717) is 0 Å². The third-order valence-electron chi connectivity index (χ3n) is 2.71. The van der Waals surface area contributed by atoms with E-state index in [-0.39, 0.29) is 11.5 Å². The first-order chi connectivity index (χ1) is 6.75. The molecule has 0 saturated heterocycles. The van der Waals surface area contributed by atoms with Crippen LogP contribution >= 0.6 is 0 Å². The largest absolute Gasteiger partial charge is 0.504 e. The lowest BCUT2D eigenvalue weighted by atomic mass is 10.2. The first kappa shape index (κ1) is 7.67. The number of hydrogen-bond donors (Lipinski definition) is 2. The molecule has 1 aromatic heterocycles. The van der Waals surface area contributed by atoms with E-state index in [0.717, 1.165) is 36.2 Å². The lowest BCUT2D eigenvalue weighted by Crippen LogP contribution is -1.90. The molecule has 1 aliphatic heterocycles. The monoisotopic (exact) mass is 190 g/mol. The van der Waals surface area contributed by atoms with Gasteiger partial charge < -0.3 is 14.8 Å². The van der Waals surface area contributed by atoms with Crippen LogP contribution in [0.25, 0.3) is 11.0 Å². The molecule has 2 aromatic rings. The Morgan fingerprint density at radius 2 is 2.00 bits per heavy atom. The van der Waals surface area contributed by atoms with Crippen molar-refractivity contribution in [3.05, 3.63) is 18.0 Å². The Morgan fingerprint density at radius 3 is 2.86 bits per heavy atom. The van der Waals surface area contributed by atoms with Crippen LogP contribution < -0.4 is 0 Å². The highest BCUT2D eigenvalue weighted by molar-refractivity contribution is 5.80. The summed E-state index contributed by atoms with van der Waals surface area (Å²) in [5, 5.41) is 18.7. The Labute approximate surface area is 80.4 Å². The van der Waals surface area contributed by atoms with Crippen molar-refractivity contribution in [1.82, 2.24) is 9.55 Å². The standard InChI is InChI=1S/C10H10N2O2/c13-8-4-6-7(5-9(8)14)12-3-1-2-10(12)11-6/h4-5,13-14H,1-3H2. The van der Waals surface area contributed by atoms with Gasteiger partial charge in [0.05, 0.1) is 11.0 Å². The normalized spacial score (nSPS) is 14.9. The molecule has 72 valence electrons. The summed E-state index contributed by atoms with van der Waals surface area (Å²) in [5.41, 5.74) is 1.67. The summed E-state index contributed by atoms with van der Waals surface area (Å²) >= 11 is 0. The minimum atomic E-state index is -0.103. The average Bonchev–Trinajstić information content (AvgIpc) is 2.68. The molecule has 14 heavy (non-hydrogen) atoms. The van der Waals surface area contributed by atoms with Crippen molar-refractivity contribution >= 4 is 11.0 Å². The van der Waals surface area contributed by atoms with E-state index >= 15 is 0 Å². The highest BCUT2D eigenvalue weighted by atomic mass is 16.3. The summed E-state index contributed by atoms with van der Waals surface area (Å²) < 4.78 is 2.09.